The summed E-state index contributed by atoms with van der Waals surface area (Å²) in [7, 11) is 0. The molecule has 2 aliphatic heterocycles. The van der Waals surface area contributed by atoms with Crippen LogP contribution in [0.1, 0.15) is 37.3 Å². The number of benzene rings is 1. The molecule has 1 fully saturated rings. The SMILES string of the molecule is CC1CCCC(CN)N1CCc1ccc2c(c1)CCO2. The van der Waals surface area contributed by atoms with Gasteiger partial charge in [0, 0.05) is 31.6 Å². The normalized spacial score (nSPS) is 26.3. The van der Waals surface area contributed by atoms with Crippen LogP contribution in [-0.4, -0.2) is 36.7 Å². The summed E-state index contributed by atoms with van der Waals surface area (Å²) >= 11 is 0. The summed E-state index contributed by atoms with van der Waals surface area (Å²) in [6.07, 6.45) is 6.09. The third-order valence-electron chi connectivity index (χ3n) is 4.88. The first-order chi connectivity index (χ1) is 9.78. The zero-order valence-corrected chi connectivity index (χ0v) is 12.5. The maximum Gasteiger partial charge on any atom is 0.122 e. The summed E-state index contributed by atoms with van der Waals surface area (Å²) in [5, 5.41) is 0. The van der Waals surface area contributed by atoms with E-state index in [1.807, 2.05) is 0 Å². The molecule has 0 amide bonds. The van der Waals surface area contributed by atoms with Crippen LogP contribution in [0.3, 0.4) is 0 Å². The second-order valence-corrected chi connectivity index (χ2v) is 6.20. The molecule has 1 aromatic carbocycles. The zero-order valence-electron chi connectivity index (χ0n) is 12.5. The summed E-state index contributed by atoms with van der Waals surface area (Å²) in [4.78, 5) is 2.62. The molecule has 3 nitrogen and oxygen atoms in total. The zero-order chi connectivity index (χ0) is 13.9. The lowest BCUT2D eigenvalue weighted by atomic mass is 9.95. The molecule has 2 unspecified atom stereocenters. The maximum atomic E-state index is 5.94. The molecule has 0 bridgehead atoms. The summed E-state index contributed by atoms with van der Waals surface area (Å²) < 4.78 is 5.57. The first-order valence-corrected chi connectivity index (χ1v) is 7.98. The quantitative estimate of drug-likeness (QED) is 0.916. The van der Waals surface area contributed by atoms with Crippen molar-refractivity contribution in [3.8, 4) is 5.75 Å². The molecule has 2 heterocycles. The van der Waals surface area contributed by atoms with Crippen molar-refractivity contribution in [2.75, 3.05) is 19.7 Å². The average Bonchev–Trinajstić information content (AvgIpc) is 2.93. The van der Waals surface area contributed by atoms with Gasteiger partial charge in [-0.3, -0.25) is 4.90 Å². The molecule has 3 heteroatoms. The van der Waals surface area contributed by atoms with Gasteiger partial charge in [-0.05, 0) is 43.4 Å². The molecular weight excluding hydrogens is 248 g/mol. The van der Waals surface area contributed by atoms with Crippen molar-refractivity contribution < 1.29 is 4.74 Å². The molecule has 110 valence electrons. The van der Waals surface area contributed by atoms with Crippen LogP contribution < -0.4 is 10.5 Å². The van der Waals surface area contributed by atoms with E-state index in [0.29, 0.717) is 12.1 Å². The Morgan fingerprint density at radius 3 is 3.10 bits per heavy atom. The Kier molecular flexibility index (Phi) is 4.27. The molecule has 20 heavy (non-hydrogen) atoms. The predicted octanol–water partition coefficient (Wildman–Crippen LogP) is 2.37. The van der Waals surface area contributed by atoms with Crippen molar-refractivity contribution in [1.82, 2.24) is 4.90 Å². The van der Waals surface area contributed by atoms with Crippen LogP contribution in [0.2, 0.25) is 0 Å². The van der Waals surface area contributed by atoms with Crippen LogP contribution in [-0.2, 0) is 12.8 Å². The van der Waals surface area contributed by atoms with Gasteiger partial charge in [-0.2, -0.15) is 0 Å². The van der Waals surface area contributed by atoms with Crippen molar-refractivity contribution in [2.24, 2.45) is 5.73 Å². The van der Waals surface area contributed by atoms with E-state index in [0.717, 1.165) is 38.3 Å². The van der Waals surface area contributed by atoms with Gasteiger partial charge < -0.3 is 10.5 Å². The monoisotopic (exact) mass is 274 g/mol. The molecule has 2 N–H and O–H groups in total. The Balaban J connectivity index is 1.63. The molecule has 2 atom stereocenters. The van der Waals surface area contributed by atoms with Crippen molar-refractivity contribution in [3.63, 3.8) is 0 Å². The fourth-order valence-electron chi connectivity index (χ4n) is 3.65. The Morgan fingerprint density at radius 2 is 2.25 bits per heavy atom. The number of hydrogen-bond donors (Lipinski definition) is 1. The Morgan fingerprint density at radius 1 is 1.35 bits per heavy atom. The predicted molar refractivity (Wildman–Crippen MR) is 82.2 cm³/mol. The minimum atomic E-state index is 0.580. The summed E-state index contributed by atoms with van der Waals surface area (Å²) in [5.74, 6) is 1.08. The third kappa shape index (κ3) is 2.84. The van der Waals surface area contributed by atoms with Gasteiger partial charge in [0.1, 0.15) is 5.75 Å². The molecule has 0 aromatic heterocycles. The highest BCUT2D eigenvalue weighted by atomic mass is 16.5. The summed E-state index contributed by atoms with van der Waals surface area (Å²) in [6, 6.07) is 7.94. The summed E-state index contributed by atoms with van der Waals surface area (Å²) in [6.45, 7) is 5.11. The van der Waals surface area contributed by atoms with E-state index in [9.17, 15) is 0 Å². The van der Waals surface area contributed by atoms with E-state index >= 15 is 0 Å². The van der Waals surface area contributed by atoms with Crippen LogP contribution in [0.25, 0.3) is 0 Å². The Hall–Kier alpha value is -1.06. The van der Waals surface area contributed by atoms with Crippen molar-refractivity contribution in [3.05, 3.63) is 29.3 Å². The number of ether oxygens (including phenoxy) is 1. The number of likely N-dealkylation sites (tertiary alicyclic amines) is 1. The number of nitrogens with zero attached hydrogens (tertiary/aromatic N) is 1. The third-order valence-corrected chi connectivity index (χ3v) is 4.88. The number of piperidine rings is 1. The van der Waals surface area contributed by atoms with Gasteiger partial charge in [0.25, 0.3) is 0 Å². The van der Waals surface area contributed by atoms with Crippen molar-refractivity contribution in [2.45, 2.75) is 51.1 Å². The highest BCUT2D eigenvalue weighted by Gasteiger charge is 2.26. The molecular formula is C17H26N2O. The topological polar surface area (TPSA) is 38.5 Å². The van der Waals surface area contributed by atoms with E-state index < -0.39 is 0 Å². The Labute approximate surface area is 122 Å². The van der Waals surface area contributed by atoms with E-state index in [2.05, 4.69) is 30.0 Å². The first-order valence-electron chi connectivity index (χ1n) is 7.98. The molecule has 1 aromatic rings. The van der Waals surface area contributed by atoms with Crippen LogP contribution in [0, 0.1) is 0 Å². The van der Waals surface area contributed by atoms with Crippen LogP contribution >= 0.6 is 0 Å². The van der Waals surface area contributed by atoms with Crippen molar-refractivity contribution in [1.29, 1.82) is 0 Å². The molecule has 0 aliphatic carbocycles. The average molecular weight is 274 g/mol. The molecule has 0 saturated carbocycles. The largest absolute Gasteiger partial charge is 0.493 e. The molecule has 2 aliphatic rings. The van der Waals surface area contributed by atoms with Crippen LogP contribution in [0.15, 0.2) is 18.2 Å². The van der Waals surface area contributed by atoms with Crippen LogP contribution in [0.4, 0.5) is 0 Å². The lowest BCUT2D eigenvalue weighted by Crippen LogP contribution is -2.49. The molecule has 0 radical (unpaired) electrons. The lowest BCUT2D eigenvalue weighted by Gasteiger charge is -2.40. The first kappa shape index (κ1) is 13.9. The number of fused-ring (bicyclic) bond motifs is 1. The fraction of sp³-hybridized carbons (Fsp3) is 0.647. The maximum absolute atomic E-state index is 5.94. The van der Waals surface area contributed by atoms with Crippen LogP contribution in [0.5, 0.6) is 5.75 Å². The van der Waals surface area contributed by atoms with Crippen molar-refractivity contribution >= 4 is 0 Å². The second kappa shape index (κ2) is 6.15. The van der Waals surface area contributed by atoms with Gasteiger partial charge in [0.15, 0.2) is 0 Å². The van der Waals surface area contributed by atoms with Gasteiger partial charge in [0.2, 0.25) is 0 Å². The lowest BCUT2D eigenvalue weighted by molar-refractivity contribution is 0.0988. The minimum Gasteiger partial charge on any atom is -0.493 e. The Bertz CT molecular complexity index is 460. The number of rotatable bonds is 4. The highest BCUT2D eigenvalue weighted by molar-refractivity contribution is 5.39. The highest BCUT2D eigenvalue weighted by Crippen LogP contribution is 2.27. The van der Waals surface area contributed by atoms with E-state index in [4.69, 9.17) is 10.5 Å². The van der Waals surface area contributed by atoms with Gasteiger partial charge in [0.05, 0.1) is 6.61 Å². The van der Waals surface area contributed by atoms with E-state index in [-0.39, 0.29) is 0 Å². The van der Waals surface area contributed by atoms with Gasteiger partial charge in [-0.1, -0.05) is 18.6 Å². The van der Waals surface area contributed by atoms with Gasteiger partial charge in [-0.15, -0.1) is 0 Å². The molecule has 3 rings (SSSR count). The van der Waals surface area contributed by atoms with E-state index in [1.54, 1.807) is 0 Å². The van der Waals surface area contributed by atoms with Gasteiger partial charge >= 0.3 is 0 Å². The second-order valence-electron chi connectivity index (χ2n) is 6.20. The molecule has 0 spiro atoms. The standard InChI is InChI=1S/C17H26N2O/c1-13-3-2-4-16(12-18)19(13)9-7-14-5-6-17-15(11-14)8-10-20-17/h5-6,11,13,16H,2-4,7-10,12,18H2,1H3. The number of nitrogens with two attached hydrogens (primary N) is 1. The fourth-order valence-corrected chi connectivity index (χ4v) is 3.65. The smallest absolute Gasteiger partial charge is 0.122 e. The van der Waals surface area contributed by atoms with E-state index in [1.165, 1.54) is 30.4 Å². The number of hydrogen-bond acceptors (Lipinski definition) is 3. The van der Waals surface area contributed by atoms with Gasteiger partial charge in [-0.25, -0.2) is 0 Å². The minimum absolute atomic E-state index is 0.580. The molecule has 1 saturated heterocycles. The summed E-state index contributed by atoms with van der Waals surface area (Å²) in [5.41, 5.74) is 8.75.